The van der Waals surface area contributed by atoms with Crippen molar-refractivity contribution < 1.29 is 4.79 Å². The normalized spacial score (nSPS) is 21.4. The minimum absolute atomic E-state index is 0.0477. The van der Waals surface area contributed by atoms with Crippen LogP contribution in [0.15, 0.2) is 29.1 Å². The summed E-state index contributed by atoms with van der Waals surface area (Å²) in [6.45, 7) is 7.98. The number of hydrogen-bond acceptors (Lipinski definition) is 5. The molecule has 7 heteroatoms. The molecule has 2 aliphatic rings. The molecule has 2 aliphatic heterocycles. The molecule has 1 N–H and O–H groups in total. The number of nitrogens with zero attached hydrogens (tertiary/aromatic N) is 4. The van der Waals surface area contributed by atoms with Crippen LogP contribution in [0.25, 0.3) is 10.9 Å². The summed E-state index contributed by atoms with van der Waals surface area (Å²) >= 11 is 0. The highest BCUT2D eigenvalue weighted by atomic mass is 16.2. The average Bonchev–Trinajstić information content (AvgIpc) is 3.19. The lowest BCUT2D eigenvalue weighted by Gasteiger charge is -2.32. The molecule has 0 radical (unpaired) electrons. The van der Waals surface area contributed by atoms with Crippen molar-refractivity contribution in [1.82, 2.24) is 24.9 Å². The van der Waals surface area contributed by atoms with Crippen LogP contribution in [-0.2, 0) is 6.54 Å². The Labute approximate surface area is 152 Å². The molecule has 1 aromatic heterocycles. The van der Waals surface area contributed by atoms with E-state index in [-0.39, 0.29) is 17.0 Å². The molecule has 1 aromatic carbocycles. The van der Waals surface area contributed by atoms with Crippen molar-refractivity contribution in [2.45, 2.75) is 25.9 Å². The molecule has 2 saturated heterocycles. The van der Waals surface area contributed by atoms with Gasteiger partial charge in [0.05, 0.1) is 5.52 Å². The highest BCUT2D eigenvalue weighted by Gasteiger charge is 2.33. The average molecular weight is 355 g/mol. The summed E-state index contributed by atoms with van der Waals surface area (Å²) in [5.74, 6) is -0.236. The van der Waals surface area contributed by atoms with Gasteiger partial charge in [0.15, 0.2) is 5.69 Å². The van der Waals surface area contributed by atoms with Gasteiger partial charge in [0.1, 0.15) is 0 Å². The summed E-state index contributed by atoms with van der Waals surface area (Å²) in [4.78, 5) is 30.1. The number of hydrogen-bond donors (Lipinski definition) is 1. The van der Waals surface area contributed by atoms with Crippen LogP contribution in [0.2, 0.25) is 0 Å². The van der Waals surface area contributed by atoms with Crippen molar-refractivity contribution in [3.05, 3.63) is 40.2 Å². The van der Waals surface area contributed by atoms with Crippen LogP contribution >= 0.6 is 0 Å². The monoisotopic (exact) mass is 355 g/mol. The Hall–Kier alpha value is -2.25. The van der Waals surface area contributed by atoms with E-state index in [1.165, 1.54) is 0 Å². The quantitative estimate of drug-likeness (QED) is 0.870. The standard InChI is InChI=1S/C19H25N5O2/c1-2-24-16-6-4-3-5-15(16)18(25)17(21-24)19(26)23-10-7-14(13-23)22-11-8-20-9-12-22/h3-6,14,20H,2,7-13H2,1H3. The highest BCUT2D eigenvalue weighted by Crippen LogP contribution is 2.18. The van der Waals surface area contributed by atoms with Crippen LogP contribution in [0.1, 0.15) is 23.8 Å². The first-order valence-corrected chi connectivity index (χ1v) is 9.43. The van der Waals surface area contributed by atoms with Gasteiger partial charge in [-0.25, -0.2) is 0 Å². The summed E-state index contributed by atoms with van der Waals surface area (Å²) in [5.41, 5.74) is 0.559. The van der Waals surface area contributed by atoms with E-state index < -0.39 is 0 Å². The van der Waals surface area contributed by atoms with Crippen molar-refractivity contribution in [3.8, 4) is 0 Å². The van der Waals surface area contributed by atoms with E-state index in [4.69, 9.17) is 0 Å². The Morgan fingerprint density at radius 3 is 2.77 bits per heavy atom. The van der Waals surface area contributed by atoms with Gasteiger partial charge in [-0.05, 0) is 25.5 Å². The number of amides is 1. The second kappa shape index (κ2) is 7.17. The van der Waals surface area contributed by atoms with Gasteiger partial charge in [-0.1, -0.05) is 12.1 Å². The molecule has 0 saturated carbocycles. The molecule has 7 nitrogen and oxygen atoms in total. The number of carbonyl (C=O) groups excluding carboxylic acids is 1. The van der Waals surface area contributed by atoms with Gasteiger partial charge in [-0.3, -0.25) is 19.2 Å². The molecule has 138 valence electrons. The van der Waals surface area contributed by atoms with E-state index in [1.807, 2.05) is 25.1 Å². The van der Waals surface area contributed by atoms with Gasteiger partial charge in [0.25, 0.3) is 5.91 Å². The summed E-state index contributed by atoms with van der Waals surface area (Å²) in [5, 5.41) is 8.31. The van der Waals surface area contributed by atoms with Gasteiger partial charge < -0.3 is 10.2 Å². The molecule has 26 heavy (non-hydrogen) atoms. The lowest BCUT2D eigenvalue weighted by atomic mass is 10.2. The Morgan fingerprint density at radius 2 is 2.00 bits per heavy atom. The second-order valence-corrected chi connectivity index (χ2v) is 6.99. The zero-order valence-corrected chi connectivity index (χ0v) is 15.1. The summed E-state index contributed by atoms with van der Waals surface area (Å²) in [6, 6.07) is 7.74. The number of fused-ring (bicyclic) bond motifs is 1. The maximum Gasteiger partial charge on any atom is 0.278 e. The maximum atomic E-state index is 13.0. The van der Waals surface area contributed by atoms with Crippen LogP contribution in [0.5, 0.6) is 0 Å². The summed E-state index contributed by atoms with van der Waals surface area (Å²) in [6.07, 6.45) is 0.960. The zero-order chi connectivity index (χ0) is 18.1. The molecule has 1 atom stereocenters. The molecule has 3 heterocycles. The molecule has 1 unspecified atom stereocenters. The molecular weight excluding hydrogens is 330 g/mol. The van der Waals surface area contributed by atoms with Gasteiger partial charge in [-0.15, -0.1) is 0 Å². The number of rotatable bonds is 3. The topological polar surface area (TPSA) is 70.5 Å². The molecule has 0 bridgehead atoms. The number of benzene rings is 1. The van der Waals surface area contributed by atoms with Crippen LogP contribution < -0.4 is 10.7 Å². The van der Waals surface area contributed by atoms with Crippen molar-refractivity contribution in [3.63, 3.8) is 0 Å². The van der Waals surface area contributed by atoms with Gasteiger partial charge >= 0.3 is 0 Å². The molecule has 2 fully saturated rings. The second-order valence-electron chi connectivity index (χ2n) is 6.99. The molecule has 0 aliphatic carbocycles. The van der Waals surface area contributed by atoms with E-state index in [9.17, 15) is 9.59 Å². The van der Waals surface area contributed by atoms with Gasteiger partial charge in [-0.2, -0.15) is 5.10 Å². The van der Waals surface area contributed by atoms with E-state index in [1.54, 1.807) is 15.6 Å². The van der Waals surface area contributed by atoms with E-state index in [0.29, 0.717) is 31.1 Å². The van der Waals surface area contributed by atoms with E-state index >= 15 is 0 Å². The Morgan fingerprint density at radius 1 is 1.23 bits per heavy atom. The number of para-hydroxylation sites is 1. The fourth-order valence-corrected chi connectivity index (χ4v) is 4.04. The minimum atomic E-state index is -0.263. The largest absolute Gasteiger partial charge is 0.335 e. The third-order valence-corrected chi connectivity index (χ3v) is 5.48. The Kier molecular flexibility index (Phi) is 4.74. The Bertz CT molecular complexity index is 872. The molecular formula is C19H25N5O2. The lowest BCUT2D eigenvalue weighted by Crippen LogP contribution is -2.49. The number of piperazine rings is 1. The molecule has 2 aromatic rings. The molecule has 4 rings (SSSR count). The third-order valence-electron chi connectivity index (χ3n) is 5.48. The molecule has 0 spiro atoms. The van der Waals surface area contributed by atoms with Crippen molar-refractivity contribution in [1.29, 1.82) is 0 Å². The van der Waals surface area contributed by atoms with E-state index in [0.717, 1.165) is 38.1 Å². The van der Waals surface area contributed by atoms with Gasteiger partial charge in [0.2, 0.25) is 5.43 Å². The number of nitrogens with one attached hydrogen (secondary N) is 1. The van der Waals surface area contributed by atoms with Crippen LogP contribution in [-0.4, -0.2) is 70.8 Å². The summed E-state index contributed by atoms with van der Waals surface area (Å²) < 4.78 is 1.74. The summed E-state index contributed by atoms with van der Waals surface area (Å²) in [7, 11) is 0. The first kappa shape index (κ1) is 17.2. The highest BCUT2D eigenvalue weighted by molar-refractivity contribution is 5.95. The number of aryl methyl sites for hydroxylation is 1. The predicted octanol–water partition coefficient (Wildman–Crippen LogP) is 0.536. The Balaban J connectivity index is 1.60. The first-order chi connectivity index (χ1) is 12.7. The van der Waals surface area contributed by atoms with E-state index in [2.05, 4.69) is 15.3 Å². The number of aromatic nitrogens is 2. The maximum absolute atomic E-state index is 13.0. The lowest BCUT2D eigenvalue weighted by molar-refractivity contribution is 0.0764. The fourth-order valence-electron chi connectivity index (χ4n) is 4.04. The van der Waals surface area contributed by atoms with Crippen molar-refractivity contribution in [2.24, 2.45) is 0 Å². The van der Waals surface area contributed by atoms with Gasteiger partial charge in [0, 0.05) is 57.2 Å². The fraction of sp³-hybridized carbons (Fsp3) is 0.526. The SMILES string of the molecule is CCn1nc(C(=O)N2CCC(N3CCNCC3)C2)c(=O)c2ccccc21. The number of likely N-dealkylation sites (tertiary alicyclic amines) is 1. The molecule has 1 amide bonds. The number of carbonyl (C=O) groups is 1. The van der Waals surface area contributed by atoms with Crippen LogP contribution in [0.3, 0.4) is 0 Å². The minimum Gasteiger partial charge on any atom is -0.335 e. The van der Waals surface area contributed by atoms with Crippen molar-refractivity contribution >= 4 is 16.8 Å². The smallest absolute Gasteiger partial charge is 0.278 e. The zero-order valence-electron chi connectivity index (χ0n) is 15.1. The third kappa shape index (κ3) is 3.01. The first-order valence-electron chi connectivity index (χ1n) is 9.43. The van der Waals surface area contributed by atoms with Crippen LogP contribution in [0, 0.1) is 0 Å². The predicted molar refractivity (Wildman–Crippen MR) is 100 cm³/mol. The van der Waals surface area contributed by atoms with Crippen LogP contribution in [0.4, 0.5) is 0 Å². The van der Waals surface area contributed by atoms with Crippen molar-refractivity contribution in [2.75, 3.05) is 39.3 Å².